The molecule has 8 nitrogen and oxygen atoms in total. The van der Waals surface area contributed by atoms with Gasteiger partial charge in [-0.2, -0.15) is 0 Å². The van der Waals surface area contributed by atoms with Gasteiger partial charge in [0.05, 0.1) is 9.82 Å². The predicted octanol–water partition coefficient (Wildman–Crippen LogP) is 4.47. The zero-order chi connectivity index (χ0) is 24.1. The first kappa shape index (κ1) is 23.9. The van der Waals surface area contributed by atoms with E-state index >= 15 is 0 Å². The number of carbonyl (C=O) groups is 2. The first-order chi connectivity index (χ1) is 16.4. The fourth-order valence-corrected chi connectivity index (χ4v) is 5.69. The average molecular weight is 497 g/mol. The van der Waals surface area contributed by atoms with Crippen LogP contribution in [0.2, 0.25) is 0 Å². The molecule has 0 bridgehead atoms. The lowest BCUT2D eigenvalue weighted by atomic mass is 10.0. The second kappa shape index (κ2) is 10.8. The highest BCUT2D eigenvalue weighted by Crippen LogP contribution is 2.36. The van der Waals surface area contributed by atoms with Crippen molar-refractivity contribution in [2.45, 2.75) is 41.5 Å². The number of nitro groups is 1. The van der Waals surface area contributed by atoms with E-state index in [4.69, 9.17) is 0 Å². The number of nitrogens with zero attached hydrogens (tertiary/aromatic N) is 3. The first-order valence-electron chi connectivity index (χ1n) is 10.9. The number of aromatic nitrogens is 1. The first-order valence-corrected chi connectivity index (χ1v) is 12.6. The molecule has 10 heteroatoms. The standard InChI is InChI=1S/C24H24N4O4S2/c1-16-15-33-24(25-16)34-21-10-9-18(14-20(21)28(31)32)22(29)26-19(13-17-7-3-2-4-8-17)23(30)27-11-5-6-12-27/h2-4,7-10,14-15,19H,5-6,11-13H2,1H3,(H,26,29). The van der Waals surface area contributed by atoms with Gasteiger partial charge in [0, 0.05) is 42.2 Å². The maximum absolute atomic E-state index is 13.1. The Hall–Kier alpha value is -3.24. The largest absolute Gasteiger partial charge is 0.341 e. The van der Waals surface area contributed by atoms with Crippen molar-refractivity contribution in [1.29, 1.82) is 0 Å². The highest BCUT2D eigenvalue weighted by molar-refractivity contribution is 8.01. The number of benzene rings is 2. The summed E-state index contributed by atoms with van der Waals surface area (Å²) in [6.45, 7) is 3.21. The highest BCUT2D eigenvalue weighted by Gasteiger charge is 2.29. The van der Waals surface area contributed by atoms with Crippen molar-refractivity contribution in [1.82, 2.24) is 15.2 Å². The van der Waals surface area contributed by atoms with Gasteiger partial charge in [-0.1, -0.05) is 42.1 Å². The van der Waals surface area contributed by atoms with E-state index in [9.17, 15) is 19.7 Å². The smallest absolute Gasteiger partial charge is 0.284 e. The molecule has 2 amide bonds. The van der Waals surface area contributed by atoms with Crippen molar-refractivity contribution >= 4 is 40.6 Å². The van der Waals surface area contributed by atoms with E-state index in [1.165, 1.54) is 29.2 Å². The van der Waals surface area contributed by atoms with Gasteiger partial charge in [0.15, 0.2) is 4.34 Å². The van der Waals surface area contributed by atoms with Gasteiger partial charge in [0.25, 0.3) is 11.6 Å². The molecule has 0 radical (unpaired) electrons. The lowest BCUT2D eigenvalue weighted by Gasteiger charge is -2.24. The maximum Gasteiger partial charge on any atom is 0.284 e. The van der Waals surface area contributed by atoms with Crippen LogP contribution in [0.25, 0.3) is 0 Å². The number of thiazole rings is 1. The van der Waals surface area contributed by atoms with Crippen molar-refractivity contribution in [3.8, 4) is 0 Å². The lowest BCUT2D eigenvalue weighted by molar-refractivity contribution is -0.387. The van der Waals surface area contributed by atoms with Crippen molar-refractivity contribution in [2.75, 3.05) is 13.1 Å². The second-order valence-electron chi connectivity index (χ2n) is 8.04. The summed E-state index contributed by atoms with van der Waals surface area (Å²) in [7, 11) is 0. The minimum absolute atomic E-state index is 0.129. The number of hydrogen-bond donors (Lipinski definition) is 1. The molecule has 176 valence electrons. The topological polar surface area (TPSA) is 105 Å². The summed E-state index contributed by atoms with van der Waals surface area (Å²) >= 11 is 2.60. The third kappa shape index (κ3) is 5.81. The van der Waals surface area contributed by atoms with Gasteiger partial charge in [-0.3, -0.25) is 19.7 Å². The molecule has 0 saturated carbocycles. The molecule has 1 aliphatic heterocycles. The van der Waals surface area contributed by atoms with Gasteiger partial charge in [-0.05, 0) is 37.5 Å². The number of nitrogens with one attached hydrogen (secondary N) is 1. The third-order valence-corrected chi connectivity index (χ3v) is 7.64. The van der Waals surface area contributed by atoms with Crippen LogP contribution in [0.1, 0.15) is 34.5 Å². The molecular formula is C24H24N4O4S2. The molecule has 1 aromatic heterocycles. The van der Waals surface area contributed by atoms with E-state index in [0.717, 1.165) is 24.1 Å². The number of likely N-dealkylation sites (tertiary alicyclic amines) is 1. The number of amides is 2. The van der Waals surface area contributed by atoms with E-state index in [1.54, 1.807) is 17.0 Å². The number of rotatable bonds is 8. The van der Waals surface area contributed by atoms with Crippen molar-refractivity contribution in [3.05, 3.63) is 80.8 Å². The van der Waals surface area contributed by atoms with Crippen LogP contribution in [0.4, 0.5) is 5.69 Å². The Morgan fingerprint density at radius 3 is 2.59 bits per heavy atom. The Bertz CT molecular complexity index is 1190. The summed E-state index contributed by atoms with van der Waals surface area (Å²) in [5.41, 5.74) is 1.74. The van der Waals surface area contributed by atoms with Crippen LogP contribution in [0.3, 0.4) is 0 Å². The quantitative estimate of drug-likeness (QED) is 0.364. The molecule has 34 heavy (non-hydrogen) atoms. The Kier molecular flexibility index (Phi) is 7.59. The molecule has 0 aliphatic carbocycles. The molecule has 1 N–H and O–H groups in total. The van der Waals surface area contributed by atoms with Gasteiger partial charge in [0.2, 0.25) is 5.91 Å². The van der Waals surface area contributed by atoms with Gasteiger partial charge < -0.3 is 10.2 Å². The fraction of sp³-hybridized carbons (Fsp3) is 0.292. The van der Waals surface area contributed by atoms with Crippen LogP contribution < -0.4 is 5.32 Å². The molecule has 2 aromatic carbocycles. The monoisotopic (exact) mass is 496 g/mol. The normalized spacial score (nSPS) is 14.1. The third-order valence-electron chi connectivity index (χ3n) is 5.52. The molecule has 1 saturated heterocycles. The molecule has 0 spiro atoms. The summed E-state index contributed by atoms with van der Waals surface area (Å²) in [4.78, 5) is 44.0. The molecule has 1 fully saturated rings. The van der Waals surface area contributed by atoms with Crippen molar-refractivity contribution < 1.29 is 14.5 Å². The summed E-state index contributed by atoms with van der Waals surface area (Å²) in [6.07, 6.45) is 2.24. The van der Waals surface area contributed by atoms with Crippen LogP contribution in [-0.2, 0) is 11.2 Å². The van der Waals surface area contributed by atoms with E-state index in [2.05, 4.69) is 10.3 Å². The molecule has 2 heterocycles. The van der Waals surface area contributed by atoms with E-state index in [1.807, 2.05) is 42.6 Å². The predicted molar refractivity (Wildman–Crippen MR) is 131 cm³/mol. The number of hydrogen-bond acceptors (Lipinski definition) is 7. The number of nitro benzene ring substituents is 1. The molecule has 1 unspecified atom stereocenters. The number of aryl methyl sites for hydroxylation is 1. The fourth-order valence-electron chi connectivity index (χ4n) is 3.81. The molecule has 1 atom stereocenters. The zero-order valence-corrected chi connectivity index (χ0v) is 20.2. The second-order valence-corrected chi connectivity index (χ2v) is 10.2. The SMILES string of the molecule is Cc1csc(Sc2ccc(C(=O)NC(Cc3ccccc3)C(=O)N3CCCC3)cc2[N+](=O)[O-])n1. The summed E-state index contributed by atoms with van der Waals surface area (Å²) in [5.74, 6) is -0.645. The zero-order valence-electron chi connectivity index (χ0n) is 18.6. The summed E-state index contributed by atoms with van der Waals surface area (Å²) < 4.78 is 0.692. The summed E-state index contributed by atoms with van der Waals surface area (Å²) in [5, 5.41) is 16.4. The van der Waals surface area contributed by atoms with Crippen molar-refractivity contribution in [3.63, 3.8) is 0 Å². The van der Waals surface area contributed by atoms with Gasteiger partial charge in [0.1, 0.15) is 6.04 Å². The molecule has 1 aliphatic rings. The van der Waals surface area contributed by atoms with Crippen molar-refractivity contribution in [2.24, 2.45) is 0 Å². The van der Waals surface area contributed by atoms with Crippen LogP contribution in [0, 0.1) is 17.0 Å². The minimum Gasteiger partial charge on any atom is -0.341 e. The maximum atomic E-state index is 13.1. The van der Waals surface area contributed by atoms with Crippen LogP contribution in [-0.4, -0.2) is 45.8 Å². The van der Waals surface area contributed by atoms with Crippen LogP contribution in [0.15, 0.2) is 63.1 Å². The molecule has 4 rings (SSSR count). The van der Waals surface area contributed by atoms with Gasteiger partial charge in [-0.25, -0.2) is 4.98 Å². The number of carbonyl (C=O) groups excluding carboxylic acids is 2. The van der Waals surface area contributed by atoms with E-state index in [-0.39, 0.29) is 17.2 Å². The van der Waals surface area contributed by atoms with Crippen LogP contribution in [0.5, 0.6) is 0 Å². The highest BCUT2D eigenvalue weighted by atomic mass is 32.2. The average Bonchev–Trinajstić information content (AvgIpc) is 3.51. The Morgan fingerprint density at radius 2 is 1.94 bits per heavy atom. The van der Waals surface area contributed by atoms with Gasteiger partial charge in [-0.15, -0.1) is 11.3 Å². The summed E-state index contributed by atoms with van der Waals surface area (Å²) in [6, 6.07) is 13.1. The van der Waals surface area contributed by atoms with E-state index in [0.29, 0.717) is 28.7 Å². The van der Waals surface area contributed by atoms with Crippen LogP contribution >= 0.6 is 23.1 Å². The Morgan fingerprint density at radius 1 is 1.21 bits per heavy atom. The Balaban J connectivity index is 1.55. The minimum atomic E-state index is -0.751. The molecular weight excluding hydrogens is 472 g/mol. The molecule has 3 aromatic rings. The lowest BCUT2D eigenvalue weighted by Crippen LogP contribution is -2.49. The van der Waals surface area contributed by atoms with E-state index < -0.39 is 16.9 Å². The Labute approximate surface area is 205 Å². The van der Waals surface area contributed by atoms with Gasteiger partial charge >= 0.3 is 0 Å².